The van der Waals surface area contributed by atoms with Gasteiger partial charge in [0.2, 0.25) is 0 Å². The molecule has 0 radical (unpaired) electrons. The van der Waals surface area contributed by atoms with Crippen LogP contribution < -0.4 is 10.1 Å². The monoisotopic (exact) mass is 386 g/mol. The van der Waals surface area contributed by atoms with E-state index in [9.17, 15) is 4.79 Å². The molecule has 0 aliphatic carbocycles. The molecule has 0 bridgehead atoms. The summed E-state index contributed by atoms with van der Waals surface area (Å²) in [5.74, 6) is 0.555. The quantitative estimate of drug-likeness (QED) is 0.730. The van der Waals surface area contributed by atoms with E-state index in [0.29, 0.717) is 23.7 Å². The van der Waals surface area contributed by atoms with Gasteiger partial charge in [-0.2, -0.15) is 0 Å². The van der Waals surface area contributed by atoms with Gasteiger partial charge in [0.15, 0.2) is 6.10 Å². The molecule has 0 spiro atoms. The van der Waals surface area contributed by atoms with Gasteiger partial charge in [-0.05, 0) is 67.7 Å². The maximum atomic E-state index is 12.6. The molecule has 1 aliphatic rings. The SMILES string of the molecule is CC[C@@H](Oc1ccc(Cl)cc1)C(=O)NCc1ccccc1CN1CCCC1. The van der Waals surface area contributed by atoms with Crippen LogP contribution in [0.1, 0.15) is 37.3 Å². The molecule has 1 atom stereocenters. The van der Waals surface area contributed by atoms with E-state index in [1.807, 2.05) is 13.0 Å². The number of hydrogen-bond acceptors (Lipinski definition) is 3. The van der Waals surface area contributed by atoms with Gasteiger partial charge in [-0.15, -0.1) is 0 Å². The smallest absolute Gasteiger partial charge is 0.261 e. The van der Waals surface area contributed by atoms with E-state index >= 15 is 0 Å². The molecule has 1 aliphatic heterocycles. The third-order valence-electron chi connectivity index (χ3n) is 4.92. The van der Waals surface area contributed by atoms with Crippen LogP contribution >= 0.6 is 11.6 Å². The summed E-state index contributed by atoms with van der Waals surface area (Å²) in [6.45, 7) is 5.73. The van der Waals surface area contributed by atoms with Gasteiger partial charge >= 0.3 is 0 Å². The summed E-state index contributed by atoms with van der Waals surface area (Å²) in [6, 6.07) is 15.4. The molecule has 144 valence electrons. The Labute approximate surface area is 166 Å². The van der Waals surface area contributed by atoms with Gasteiger partial charge < -0.3 is 10.1 Å². The Hall–Kier alpha value is -2.04. The van der Waals surface area contributed by atoms with Crippen molar-refractivity contribution >= 4 is 17.5 Å². The normalized spacial score (nSPS) is 15.5. The zero-order valence-corrected chi connectivity index (χ0v) is 16.5. The Bertz CT molecular complexity index is 742. The van der Waals surface area contributed by atoms with Crippen LogP contribution in [-0.4, -0.2) is 30.0 Å². The summed E-state index contributed by atoms with van der Waals surface area (Å²) in [6.07, 6.45) is 2.64. The van der Waals surface area contributed by atoms with Gasteiger partial charge in [-0.1, -0.05) is 42.8 Å². The van der Waals surface area contributed by atoms with Gasteiger partial charge in [-0.3, -0.25) is 9.69 Å². The highest BCUT2D eigenvalue weighted by molar-refractivity contribution is 6.30. The molecule has 0 saturated carbocycles. The van der Waals surface area contributed by atoms with Crippen molar-refractivity contribution in [1.82, 2.24) is 10.2 Å². The van der Waals surface area contributed by atoms with Crippen LogP contribution in [0.3, 0.4) is 0 Å². The average Bonchev–Trinajstić information content (AvgIpc) is 3.19. The largest absolute Gasteiger partial charge is 0.481 e. The molecule has 0 aromatic heterocycles. The maximum Gasteiger partial charge on any atom is 0.261 e. The van der Waals surface area contributed by atoms with Crippen molar-refractivity contribution in [2.45, 2.75) is 45.4 Å². The fraction of sp³-hybridized carbons (Fsp3) is 0.409. The fourth-order valence-corrected chi connectivity index (χ4v) is 3.49. The molecule has 2 aromatic carbocycles. The lowest BCUT2D eigenvalue weighted by molar-refractivity contribution is -0.128. The van der Waals surface area contributed by atoms with Crippen LogP contribution in [0.2, 0.25) is 5.02 Å². The molecule has 3 rings (SSSR count). The highest BCUT2D eigenvalue weighted by Crippen LogP contribution is 2.19. The average molecular weight is 387 g/mol. The first-order chi connectivity index (χ1) is 13.2. The van der Waals surface area contributed by atoms with E-state index in [-0.39, 0.29) is 5.91 Å². The van der Waals surface area contributed by atoms with Crippen LogP contribution in [-0.2, 0) is 17.9 Å². The lowest BCUT2D eigenvalue weighted by Gasteiger charge is -2.20. The predicted molar refractivity (Wildman–Crippen MR) is 109 cm³/mol. The van der Waals surface area contributed by atoms with Crippen LogP contribution in [0.4, 0.5) is 0 Å². The summed E-state index contributed by atoms with van der Waals surface area (Å²) < 4.78 is 5.83. The zero-order valence-electron chi connectivity index (χ0n) is 15.8. The third kappa shape index (κ3) is 5.72. The number of rotatable bonds is 8. The first kappa shape index (κ1) is 19.7. The Morgan fingerprint density at radius 2 is 1.78 bits per heavy atom. The molecule has 4 nitrogen and oxygen atoms in total. The van der Waals surface area contributed by atoms with Crippen LogP contribution in [0, 0.1) is 0 Å². The number of nitrogens with one attached hydrogen (secondary N) is 1. The molecule has 2 aromatic rings. The Morgan fingerprint density at radius 1 is 1.11 bits per heavy atom. The van der Waals surface area contributed by atoms with Gasteiger partial charge in [0.1, 0.15) is 5.75 Å². The molecule has 1 fully saturated rings. The zero-order chi connectivity index (χ0) is 19.1. The minimum atomic E-state index is -0.517. The Balaban J connectivity index is 1.58. The van der Waals surface area contributed by atoms with Crippen LogP contribution in [0.15, 0.2) is 48.5 Å². The number of nitrogens with zero attached hydrogens (tertiary/aromatic N) is 1. The summed E-state index contributed by atoms with van der Waals surface area (Å²) in [4.78, 5) is 15.1. The van der Waals surface area contributed by atoms with Crippen molar-refractivity contribution < 1.29 is 9.53 Å². The molecule has 27 heavy (non-hydrogen) atoms. The molecule has 1 N–H and O–H groups in total. The standard InChI is InChI=1S/C22H27ClN2O2/c1-2-21(27-20-11-9-19(23)10-12-20)22(26)24-15-17-7-3-4-8-18(17)16-25-13-5-6-14-25/h3-4,7-12,21H,2,5-6,13-16H2,1H3,(H,24,26)/t21-/m1/s1. The summed E-state index contributed by atoms with van der Waals surface area (Å²) >= 11 is 5.90. The highest BCUT2D eigenvalue weighted by atomic mass is 35.5. The summed E-state index contributed by atoms with van der Waals surface area (Å²) in [5.41, 5.74) is 2.45. The van der Waals surface area contributed by atoms with Crippen molar-refractivity contribution in [2.24, 2.45) is 0 Å². The minimum Gasteiger partial charge on any atom is -0.481 e. The molecule has 1 saturated heterocycles. The molecule has 1 heterocycles. The lowest BCUT2D eigenvalue weighted by Crippen LogP contribution is -2.37. The van der Waals surface area contributed by atoms with Crippen molar-refractivity contribution in [2.75, 3.05) is 13.1 Å². The third-order valence-corrected chi connectivity index (χ3v) is 5.17. The second-order valence-electron chi connectivity index (χ2n) is 6.94. The number of hydrogen-bond donors (Lipinski definition) is 1. The lowest BCUT2D eigenvalue weighted by atomic mass is 10.1. The van der Waals surface area contributed by atoms with Gasteiger partial charge in [-0.25, -0.2) is 0 Å². The first-order valence-corrected chi connectivity index (χ1v) is 10.0. The number of ether oxygens (including phenoxy) is 1. The van der Waals surface area contributed by atoms with E-state index in [4.69, 9.17) is 16.3 Å². The molecule has 5 heteroatoms. The first-order valence-electron chi connectivity index (χ1n) is 9.65. The number of amides is 1. The Morgan fingerprint density at radius 3 is 2.44 bits per heavy atom. The van der Waals surface area contributed by atoms with E-state index in [2.05, 4.69) is 28.4 Å². The number of halogens is 1. The van der Waals surface area contributed by atoms with Crippen molar-refractivity contribution in [3.63, 3.8) is 0 Å². The van der Waals surface area contributed by atoms with E-state index in [1.165, 1.54) is 24.0 Å². The number of likely N-dealkylation sites (tertiary alicyclic amines) is 1. The topological polar surface area (TPSA) is 41.6 Å². The number of carbonyl (C=O) groups excluding carboxylic acids is 1. The van der Waals surface area contributed by atoms with E-state index in [0.717, 1.165) is 19.6 Å². The van der Waals surface area contributed by atoms with Crippen molar-refractivity contribution in [1.29, 1.82) is 0 Å². The van der Waals surface area contributed by atoms with Crippen LogP contribution in [0.5, 0.6) is 5.75 Å². The summed E-state index contributed by atoms with van der Waals surface area (Å²) in [5, 5.41) is 3.69. The molecular formula is C22H27ClN2O2. The maximum absolute atomic E-state index is 12.6. The molecule has 1 amide bonds. The van der Waals surface area contributed by atoms with Crippen LogP contribution in [0.25, 0.3) is 0 Å². The number of benzene rings is 2. The van der Waals surface area contributed by atoms with E-state index < -0.39 is 6.10 Å². The summed E-state index contributed by atoms with van der Waals surface area (Å²) in [7, 11) is 0. The van der Waals surface area contributed by atoms with Crippen molar-refractivity contribution in [3.8, 4) is 5.75 Å². The van der Waals surface area contributed by atoms with Gasteiger partial charge in [0.25, 0.3) is 5.91 Å². The van der Waals surface area contributed by atoms with Gasteiger partial charge in [0.05, 0.1) is 0 Å². The second kappa shape index (κ2) is 9.77. The highest BCUT2D eigenvalue weighted by Gasteiger charge is 2.19. The number of carbonyl (C=O) groups is 1. The van der Waals surface area contributed by atoms with E-state index in [1.54, 1.807) is 24.3 Å². The van der Waals surface area contributed by atoms with Crippen molar-refractivity contribution in [3.05, 3.63) is 64.7 Å². The second-order valence-corrected chi connectivity index (χ2v) is 7.37. The molecular weight excluding hydrogens is 360 g/mol. The Kier molecular flexibility index (Phi) is 7.13. The minimum absolute atomic E-state index is 0.0941. The van der Waals surface area contributed by atoms with Gasteiger partial charge in [0, 0.05) is 18.1 Å². The molecule has 0 unspecified atom stereocenters. The predicted octanol–water partition coefficient (Wildman–Crippen LogP) is 4.41. The fourth-order valence-electron chi connectivity index (χ4n) is 3.36.